The Labute approximate surface area is 101 Å². The van der Waals surface area contributed by atoms with Crippen LogP contribution in [0.4, 0.5) is 0 Å². The van der Waals surface area contributed by atoms with Crippen LogP contribution in [0.25, 0.3) is 0 Å². The molecule has 0 heterocycles. The molecule has 96 valence electrons. The van der Waals surface area contributed by atoms with E-state index in [2.05, 4.69) is 26.1 Å². The van der Waals surface area contributed by atoms with E-state index < -0.39 is 0 Å². The second-order valence-electron chi connectivity index (χ2n) is 5.60. The summed E-state index contributed by atoms with van der Waals surface area (Å²) in [4.78, 5) is 0. The van der Waals surface area contributed by atoms with E-state index >= 15 is 0 Å². The summed E-state index contributed by atoms with van der Waals surface area (Å²) in [6, 6.07) is 0.746. The Morgan fingerprint density at radius 1 is 1.12 bits per heavy atom. The van der Waals surface area contributed by atoms with Gasteiger partial charge in [-0.3, -0.25) is 0 Å². The van der Waals surface area contributed by atoms with Gasteiger partial charge in [0.15, 0.2) is 0 Å². The first-order valence-corrected chi connectivity index (χ1v) is 7.01. The highest BCUT2D eigenvalue weighted by Crippen LogP contribution is 2.17. The van der Waals surface area contributed by atoms with Gasteiger partial charge in [0.1, 0.15) is 0 Å². The number of hydrogen-bond acceptors (Lipinski definition) is 2. The highest BCUT2D eigenvalue weighted by atomic mass is 16.5. The van der Waals surface area contributed by atoms with E-state index in [9.17, 15) is 0 Å². The van der Waals surface area contributed by atoms with Crippen LogP contribution in [0.15, 0.2) is 0 Å². The first-order valence-electron chi connectivity index (χ1n) is 7.01. The van der Waals surface area contributed by atoms with Crippen molar-refractivity contribution in [3.8, 4) is 0 Å². The molecule has 1 aliphatic rings. The van der Waals surface area contributed by atoms with Crippen molar-refractivity contribution in [1.82, 2.24) is 5.32 Å². The molecule has 0 aliphatic heterocycles. The average molecular weight is 227 g/mol. The zero-order valence-corrected chi connectivity index (χ0v) is 11.3. The van der Waals surface area contributed by atoms with Crippen LogP contribution in [0.1, 0.15) is 65.7 Å². The fourth-order valence-electron chi connectivity index (χ4n) is 2.18. The van der Waals surface area contributed by atoms with E-state index in [-0.39, 0.29) is 5.60 Å². The summed E-state index contributed by atoms with van der Waals surface area (Å²) < 4.78 is 5.84. The predicted octanol–water partition coefficient (Wildman–Crippen LogP) is 3.50. The summed E-state index contributed by atoms with van der Waals surface area (Å²) in [6.07, 6.45) is 9.46. The molecular formula is C14H29NO. The van der Waals surface area contributed by atoms with Crippen molar-refractivity contribution < 1.29 is 4.74 Å². The number of ether oxygens (including phenoxy) is 1. The van der Waals surface area contributed by atoms with Gasteiger partial charge in [0.25, 0.3) is 0 Å². The molecule has 0 aromatic carbocycles. The van der Waals surface area contributed by atoms with E-state index in [0.717, 1.165) is 25.6 Å². The Bertz CT molecular complexity index is 172. The fraction of sp³-hybridized carbons (Fsp3) is 1.00. The summed E-state index contributed by atoms with van der Waals surface area (Å²) in [5, 5.41) is 3.63. The van der Waals surface area contributed by atoms with Gasteiger partial charge in [-0.25, -0.2) is 0 Å². The smallest absolute Gasteiger partial charge is 0.0624 e. The molecule has 1 fully saturated rings. The van der Waals surface area contributed by atoms with E-state index in [1.54, 1.807) is 0 Å². The monoisotopic (exact) mass is 227 g/mol. The molecule has 1 rings (SSSR count). The second-order valence-corrected chi connectivity index (χ2v) is 5.60. The van der Waals surface area contributed by atoms with Crippen LogP contribution in [0.2, 0.25) is 0 Å². The molecule has 16 heavy (non-hydrogen) atoms. The van der Waals surface area contributed by atoms with Gasteiger partial charge in [0.05, 0.1) is 12.2 Å². The van der Waals surface area contributed by atoms with Gasteiger partial charge in [-0.15, -0.1) is 0 Å². The van der Waals surface area contributed by atoms with Crippen molar-refractivity contribution in [2.24, 2.45) is 0 Å². The van der Waals surface area contributed by atoms with Crippen LogP contribution in [0.3, 0.4) is 0 Å². The third-order valence-electron chi connectivity index (χ3n) is 3.73. The lowest BCUT2D eigenvalue weighted by Gasteiger charge is -2.24. The summed E-state index contributed by atoms with van der Waals surface area (Å²) in [5.41, 5.74) is 0.0468. The topological polar surface area (TPSA) is 21.3 Å². The van der Waals surface area contributed by atoms with Crippen molar-refractivity contribution in [2.75, 3.05) is 13.2 Å². The van der Waals surface area contributed by atoms with Gasteiger partial charge in [-0.1, -0.05) is 32.6 Å². The SMILES string of the molecule is CCC(C)(C)OCCNC1CCCCCC1. The maximum Gasteiger partial charge on any atom is 0.0624 e. The second kappa shape index (κ2) is 7.29. The largest absolute Gasteiger partial charge is 0.374 e. The lowest BCUT2D eigenvalue weighted by atomic mass is 10.1. The lowest BCUT2D eigenvalue weighted by molar-refractivity contribution is -0.0188. The molecule has 2 nitrogen and oxygen atoms in total. The van der Waals surface area contributed by atoms with Crippen LogP contribution >= 0.6 is 0 Å². The van der Waals surface area contributed by atoms with Crippen LogP contribution in [0, 0.1) is 0 Å². The summed E-state index contributed by atoms with van der Waals surface area (Å²) in [7, 11) is 0. The van der Waals surface area contributed by atoms with E-state index in [1.165, 1.54) is 38.5 Å². The van der Waals surface area contributed by atoms with Gasteiger partial charge in [0.2, 0.25) is 0 Å². The molecule has 0 saturated heterocycles. The van der Waals surface area contributed by atoms with Crippen molar-refractivity contribution in [1.29, 1.82) is 0 Å². The van der Waals surface area contributed by atoms with Gasteiger partial charge in [-0.05, 0) is 33.1 Å². The van der Waals surface area contributed by atoms with Gasteiger partial charge in [-0.2, -0.15) is 0 Å². The van der Waals surface area contributed by atoms with E-state index in [1.807, 2.05) is 0 Å². The molecule has 1 aliphatic carbocycles. The van der Waals surface area contributed by atoms with Crippen LogP contribution in [-0.4, -0.2) is 24.8 Å². The van der Waals surface area contributed by atoms with Gasteiger partial charge in [0, 0.05) is 12.6 Å². The quantitative estimate of drug-likeness (QED) is 0.554. The predicted molar refractivity (Wildman–Crippen MR) is 69.8 cm³/mol. The van der Waals surface area contributed by atoms with E-state index in [4.69, 9.17) is 4.74 Å². The third kappa shape index (κ3) is 5.86. The van der Waals surface area contributed by atoms with Crippen molar-refractivity contribution in [3.05, 3.63) is 0 Å². The molecule has 0 unspecified atom stereocenters. The van der Waals surface area contributed by atoms with Crippen LogP contribution in [0.5, 0.6) is 0 Å². The number of nitrogens with one attached hydrogen (secondary N) is 1. The van der Waals surface area contributed by atoms with Gasteiger partial charge >= 0.3 is 0 Å². The molecule has 0 amide bonds. The minimum Gasteiger partial charge on any atom is -0.374 e. The van der Waals surface area contributed by atoms with Crippen molar-refractivity contribution >= 4 is 0 Å². The molecule has 0 atom stereocenters. The zero-order valence-electron chi connectivity index (χ0n) is 11.3. The normalized spacial score (nSPS) is 19.7. The molecular weight excluding hydrogens is 198 g/mol. The molecule has 0 bridgehead atoms. The standard InChI is InChI=1S/C14H29NO/c1-4-14(2,3)16-12-11-15-13-9-7-5-6-8-10-13/h13,15H,4-12H2,1-3H3. The summed E-state index contributed by atoms with van der Waals surface area (Å²) in [6.45, 7) is 8.36. The molecule has 1 N–H and O–H groups in total. The van der Waals surface area contributed by atoms with Crippen molar-refractivity contribution in [3.63, 3.8) is 0 Å². The highest BCUT2D eigenvalue weighted by molar-refractivity contribution is 4.71. The highest BCUT2D eigenvalue weighted by Gasteiger charge is 2.15. The minimum atomic E-state index is 0.0468. The number of hydrogen-bond donors (Lipinski definition) is 1. The Morgan fingerprint density at radius 3 is 2.31 bits per heavy atom. The Balaban J connectivity index is 2.05. The van der Waals surface area contributed by atoms with Gasteiger partial charge < -0.3 is 10.1 Å². The molecule has 1 saturated carbocycles. The van der Waals surface area contributed by atoms with Crippen LogP contribution < -0.4 is 5.32 Å². The fourth-order valence-corrected chi connectivity index (χ4v) is 2.18. The first-order chi connectivity index (χ1) is 7.64. The minimum absolute atomic E-state index is 0.0468. The van der Waals surface area contributed by atoms with E-state index in [0.29, 0.717) is 0 Å². The lowest BCUT2D eigenvalue weighted by Crippen LogP contribution is -2.34. The Kier molecular flexibility index (Phi) is 6.37. The molecule has 0 aromatic heterocycles. The Hall–Kier alpha value is -0.0800. The van der Waals surface area contributed by atoms with Crippen molar-refractivity contribution in [2.45, 2.75) is 77.4 Å². The third-order valence-corrected chi connectivity index (χ3v) is 3.73. The Morgan fingerprint density at radius 2 is 1.75 bits per heavy atom. The number of rotatable bonds is 6. The summed E-state index contributed by atoms with van der Waals surface area (Å²) >= 11 is 0. The molecule has 0 radical (unpaired) electrons. The molecule has 2 heteroatoms. The molecule has 0 aromatic rings. The zero-order chi connectivity index (χ0) is 11.9. The summed E-state index contributed by atoms with van der Waals surface area (Å²) in [5.74, 6) is 0. The maximum atomic E-state index is 5.84. The first kappa shape index (κ1) is 14.0. The maximum absolute atomic E-state index is 5.84. The average Bonchev–Trinajstić information content (AvgIpc) is 2.53. The van der Waals surface area contributed by atoms with Crippen LogP contribution in [-0.2, 0) is 4.74 Å². The molecule has 0 spiro atoms.